The molecule has 1 aliphatic carbocycles. The highest BCUT2D eigenvalue weighted by Crippen LogP contribution is 2.58. The van der Waals surface area contributed by atoms with Crippen LogP contribution in [0.1, 0.15) is 18.7 Å². The molecule has 0 aliphatic heterocycles. The van der Waals surface area contributed by atoms with Gasteiger partial charge in [0.2, 0.25) is 5.91 Å². The molecule has 18 heavy (non-hydrogen) atoms. The molecule has 1 aromatic rings. The van der Waals surface area contributed by atoms with Gasteiger partial charge in [-0.3, -0.25) is 9.59 Å². The van der Waals surface area contributed by atoms with E-state index in [1.165, 1.54) is 0 Å². The van der Waals surface area contributed by atoms with Crippen molar-refractivity contribution in [3.63, 3.8) is 0 Å². The molecule has 1 heterocycles. The third-order valence-corrected chi connectivity index (χ3v) is 5.13. The van der Waals surface area contributed by atoms with Gasteiger partial charge in [-0.1, -0.05) is 13.8 Å². The largest absolute Gasteiger partial charge is 0.481 e. The van der Waals surface area contributed by atoms with Crippen LogP contribution in [-0.2, 0) is 16.1 Å². The topological polar surface area (TPSA) is 66.4 Å². The number of nitrogens with one attached hydrogen (secondary N) is 1. The van der Waals surface area contributed by atoms with Gasteiger partial charge in [0.1, 0.15) is 0 Å². The van der Waals surface area contributed by atoms with Crippen LogP contribution in [0.2, 0.25) is 0 Å². The molecule has 0 radical (unpaired) electrons. The summed E-state index contributed by atoms with van der Waals surface area (Å²) in [5.41, 5.74) is -0.439. The Morgan fingerprint density at radius 2 is 2.17 bits per heavy atom. The third-order valence-electron chi connectivity index (χ3n) is 3.43. The van der Waals surface area contributed by atoms with Crippen LogP contribution in [0.4, 0.5) is 0 Å². The van der Waals surface area contributed by atoms with Crippen molar-refractivity contribution in [3.05, 3.63) is 20.8 Å². The molecule has 2 unspecified atom stereocenters. The molecule has 2 N–H and O–H groups in total. The van der Waals surface area contributed by atoms with Crippen molar-refractivity contribution in [2.24, 2.45) is 17.3 Å². The first kappa shape index (κ1) is 13.5. The van der Waals surface area contributed by atoms with Gasteiger partial charge in [-0.15, -0.1) is 11.3 Å². The normalized spacial score (nSPS) is 24.6. The van der Waals surface area contributed by atoms with Crippen molar-refractivity contribution in [1.82, 2.24) is 5.32 Å². The average molecular weight is 332 g/mol. The quantitative estimate of drug-likeness (QED) is 0.890. The first-order chi connectivity index (χ1) is 8.34. The number of hydrogen-bond donors (Lipinski definition) is 2. The lowest BCUT2D eigenvalue weighted by molar-refractivity contribution is -0.140. The number of carbonyl (C=O) groups excluding carboxylic acids is 1. The van der Waals surface area contributed by atoms with Crippen LogP contribution >= 0.6 is 27.3 Å². The smallest absolute Gasteiger partial charge is 0.307 e. The maximum atomic E-state index is 11.9. The van der Waals surface area contributed by atoms with Crippen LogP contribution in [0.3, 0.4) is 0 Å². The highest BCUT2D eigenvalue weighted by Gasteiger charge is 2.65. The molecule has 1 fully saturated rings. The molecule has 4 nitrogen and oxygen atoms in total. The Balaban J connectivity index is 1.92. The Bertz CT molecular complexity index is 497. The van der Waals surface area contributed by atoms with E-state index in [2.05, 4.69) is 21.2 Å². The van der Waals surface area contributed by atoms with Crippen molar-refractivity contribution in [1.29, 1.82) is 0 Å². The number of carboxylic acid groups (broad SMARTS) is 1. The first-order valence-corrected chi connectivity index (χ1v) is 7.24. The van der Waals surface area contributed by atoms with Crippen molar-refractivity contribution < 1.29 is 14.7 Å². The second-order valence-electron chi connectivity index (χ2n) is 5.06. The monoisotopic (exact) mass is 331 g/mol. The van der Waals surface area contributed by atoms with Crippen molar-refractivity contribution in [3.8, 4) is 0 Å². The maximum Gasteiger partial charge on any atom is 0.307 e. The molecule has 0 aromatic carbocycles. The molecule has 1 amide bonds. The summed E-state index contributed by atoms with van der Waals surface area (Å²) in [6.45, 7) is 4.09. The van der Waals surface area contributed by atoms with E-state index in [1.807, 2.05) is 25.3 Å². The molecule has 2 rings (SSSR count). The van der Waals surface area contributed by atoms with Gasteiger partial charge >= 0.3 is 5.97 Å². The zero-order valence-corrected chi connectivity index (χ0v) is 12.5. The number of thiophene rings is 1. The number of carboxylic acids is 1. The predicted molar refractivity (Wildman–Crippen MR) is 72.3 cm³/mol. The number of amides is 1. The average Bonchev–Trinajstić information content (AvgIpc) is 2.63. The van der Waals surface area contributed by atoms with E-state index in [-0.39, 0.29) is 5.91 Å². The number of carbonyl (C=O) groups is 2. The highest BCUT2D eigenvalue weighted by molar-refractivity contribution is 9.10. The van der Waals surface area contributed by atoms with E-state index in [4.69, 9.17) is 5.11 Å². The fourth-order valence-electron chi connectivity index (χ4n) is 2.32. The van der Waals surface area contributed by atoms with E-state index in [9.17, 15) is 9.59 Å². The fourth-order valence-corrected chi connectivity index (χ4v) is 3.71. The summed E-state index contributed by atoms with van der Waals surface area (Å²) < 4.78 is 0.993. The van der Waals surface area contributed by atoms with Gasteiger partial charge in [0.05, 0.1) is 18.4 Å². The van der Waals surface area contributed by atoms with Gasteiger partial charge in [-0.25, -0.2) is 0 Å². The van der Waals surface area contributed by atoms with Gasteiger partial charge in [0, 0.05) is 14.7 Å². The Hall–Kier alpha value is -0.880. The minimum Gasteiger partial charge on any atom is -0.481 e. The number of halogens is 1. The predicted octanol–water partition coefficient (Wildman–Crippen LogP) is 2.48. The van der Waals surface area contributed by atoms with Crippen molar-refractivity contribution in [2.45, 2.75) is 20.4 Å². The minimum atomic E-state index is -0.890. The van der Waals surface area contributed by atoms with E-state index in [1.54, 1.807) is 11.3 Å². The van der Waals surface area contributed by atoms with Crippen molar-refractivity contribution in [2.75, 3.05) is 0 Å². The maximum absolute atomic E-state index is 11.9. The van der Waals surface area contributed by atoms with Gasteiger partial charge in [-0.05, 0) is 27.4 Å². The van der Waals surface area contributed by atoms with Crippen molar-refractivity contribution >= 4 is 39.1 Å². The third kappa shape index (κ3) is 2.44. The van der Waals surface area contributed by atoms with Crippen LogP contribution in [0.5, 0.6) is 0 Å². The summed E-state index contributed by atoms with van der Waals surface area (Å²) in [4.78, 5) is 24.0. The molecular weight excluding hydrogens is 318 g/mol. The lowest BCUT2D eigenvalue weighted by atomic mass is 10.1. The summed E-state index contributed by atoms with van der Waals surface area (Å²) in [6, 6.07) is 1.94. The zero-order chi connectivity index (χ0) is 13.5. The number of hydrogen-bond acceptors (Lipinski definition) is 3. The van der Waals surface area contributed by atoms with Crippen LogP contribution in [0.25, 0.3) is 0 Å². The molecular formula is C12H14BrNO3S. The van der Waals surface area contributed by atoms with Gasteiger partial charge in [-0.2, -0.15) is 0 Å². The summed E-state index contributed by atoms with van der Waals surface area (Å²) in [7, 11) is 0. The summed E-state index contributed by atoms with van der Waals surface area (Å²) >= 11 is 4.90. The Morgan fingerprint density at radius 1 is 1.50 bits per heavy atom. The molecule has 1 saturated carbocycles. The zero-order valence-electron chi connectivity index (χ0n) is 10.1. The lowest BCUT2D eigenvalue weighted by Gasteiger charge is -2.04. The summed E-state index contributed by atoms with van der Waals surface area (Å²) in [6.07, 6.45) is 0. The highest BCUT2D eigenvalue weighted by atomic mass is 79.9. The van der Waals surface area contributed by atoms with Gasteiger partial charge in [0.25, 0.3) is 0 Å². The van der Waals surface area contributed by atoms with E-state index >= 15 is 0 Å². The second-order valence-corrected chi connectivity index (χ2v) is 6.98. The minimum absolute atomic E-state index is 0.170. The van der Waals surface area contributed by atoms with Crippen LogP contribution < -0.4 is 5.32 Å². The van der Waals surface area contributed by atoms with E-state index < -0.39 is 23.2 Å². The molecule has 1 aromatic heterocycles. The Labute approximate surface area is 118 Å². The Morgan fingerprint density at radius 3 is 2.61 bits per heavy atom. The molecule has 98 valence electrons. The van der Waals surface area contributed by atoms with Crippen LogP contribution in [0.15, 0.2) is 15.9 Å². The van der Waals surface area contributed by atoms with Crippen LogP contribution in [0, 0.1) is 17.3 Å². The molecule has 0 saturated heterocycles. The van der Waals surface area contributed by atoms with Crippen LogP contribution in [-0.4, -0.2) is 17.0 Å². The summed E-state index contributed by atoms with van der Waals surface area (Å²) in [5.74, 6) is -2.04. The first-order valence-electron chi connectivity index (χ1n) is 5.57. The molecule has 2 atom stereocenters. The molecule has 6 heteroatoms. The molecule has 1 aliphatic rings. The molecule has 0 spiro atoms. The second kappa shape index (κ2) is 4.66. The number of rotatable bonds is 4. The van der Waals surface area contributed by atoms with E-state index in [0.717, 1.165) is 9.35 Å². The summed E-state index contributed by atoms with van der Waals surface area (Å²) in [5, 5.41) is 13.8. The lowest BCUT2D eigenvalue weighted by Crippen LogP contribution is -2.26. The SMILES string of the molecule is CC1(C)C(C(=O)O)C1C(=O)NCc1cc(Br)cs1. The standard InChI is InChI=1S/C12H14BrNO3S/c1-12(2)8(9(12)11(16)17)10(15)14-4-7-3-6(13)5-18-7/h3,5,8-9H,4H2,1-2H3,(H,14,15)(H,16,17). The molecule has 0 bridgehead atoms. The van der Waals surface area contributed by atoms with Gasteiger partial charge in [0.15, 0.2) is 0 Å². The fraction of sp³-hybridized carbons (Fsp3) is 0.500. The van der Waals surface area contributed by atoms with E-state index in [0.29, 0.717) is 6.54 Å². The van der Waals surface area contributed by atoms with Gasteiger partial charge < -0.3 is 10.4 Å². The number of aliphatic carboxylic acids is 1. The Kier molecular flexibility index (Phi) is 3.51.